The summed E-state index contributed by atoms with van der Waals surface area (Å²) >= 11 is 3.40. The number of halogens is 1. The molecule has 120 valence electrons. The van der Waals surface area contributed by atoms with Crippen LogP contribution in [-0.2, 0) is 4.79 Å². The van der Waals surface area contributed by atoms with Crippen molar-refractivity contribution >= 4 is 39.4 Å². The highest BCUT2D eigenvalue weighted by molar-refractivity contribution is 9.10. The minimum atomic E-state index is -0.0734. The molecular weight excluding hydrogens is 346 g/mol. The first-order chi connectivity index (χ1) is 10.5. The van der Waals surface area contributed by atoms with E-state index >= 15 is 0 Å². The number of benzene rings is 1. The van der Waals surface area contributed by atoms with Gasteiger partial charge in [-0.2, -0.15) is 0 Å². The van der Waals surface area contributed by atoms with Crippen LogP contribution in [-0.4, -0.2) is 30.0 Å². The van der Waals surface area contributed by atoms with Crippen LogP contribution >= 0.6 is 15.9 Å². The van der Waals surface area contributed by atoms with E-state index in [0.29, 0.717) is 24.4 Å². The standard InChI is InChI=1S/C14H16BrN3O.C2H6O/c1-2-5-17-14(19)10-6-9-3-4-11(15)8-12(9)18-13(16)7-10;1-2-3/h3-4,6,8H,2,5,7H2,1H3,(H2,16,18)(H,17,19);3H,2H2,1H3. The monoisotopic (exact) mass is 367 g/mol. The van der Waals surface area contributed by atoms with E-state index in [-0.39, 0.29) is 12.5 Å². The second-order valence-corrected chi connectivity index (χ2v) is 5.64. The predicted octanol–water partition coefficient (Wildman–Crippen LogP) is 2.75. The highest BCUT2D eigenvalue weighted by Gasteiger charge is 2.15. The molecule has 0 spiro atoms. The summed E-state index contributed by atoms with van der Waals surface area (Å²) in [6.07, 6.45) is 3.14. The van der Waals surface area contributed by atoms with Crippen LogP contribution in [0.4, 0.5) is 5.69 Å². The predicted molar refractivity (Wildman–Crippen MR) is 94.1 cm³/mol. The number of aliphatic hydroxyl groups is 1. The van der Waals surface area contributed by atoms with E-state index in [0.717, 1.165) is 22.1 Å². The summed E-state index contributed by atoms with van der Waals surface area (Å²) in [7, 11) is 0. The number of hydrogen-bond donors (Lipinski definition) is 3. The highest BCUT2D eigenvalue weighted by atomic mass is 79.9. The lowest BCUT2D eigenvalue weighted by molar-refractivity contribution is -0.117. The SMILES string of the molecule is CCCNC(=O)C1=Cc2ccc(Br)cc2N=C(N)C1.CCO. The molecule has 1 aromatic rings. The molecule has 0 atom stereocenters. The Labute approximate surface area is 139 Å². The summed E-state index contributed by atoms with van der Waals surface area (Å²) in [6, 6.07) is 5.74. The number of hydrogen-bond acceptors (Lipinski definition) is 4. The second kappa shape index (κ2) is 9.38. The van der Waals surface area contributed by atoms with Gasteiger partial charge in [0.25, 0.3) is 0 Å². The molecule has 5 nitrogen and oxygen atoms in total. The first-order valence-electron chi connectivity index (χ1n) is 7.24. The van der Waals surface area contributed by atoms with Gasteiger partial charge in [0.1, 0.15) is 5.84 Å². The van der Waals surface area contributed by atoms with Crippen molar-refractivity contribution in [3.05, 3.63) is 33.8 Å². The molecule has 0 unspecified atom stereocenters. The van der Waals surface area contributed by atoms with E-state index in [9.17, 15) is 4.79 Å². The molecular formula is C16H22BrN3O2. The molecule has 22 heavy (non-hydrogen) atoms. The van der Waals surface area contributed by atoms with Gasteiger partial charge in [-0.1, -0.05) is 28.9 Å². The number of nitrogens with one attached hydrogen (secondary N) is 1. The fourth-order valence-electron chi connectivity index (χ4n) is 1.86. The topological polar surface area (TPSA) is 87.7 Å². The Morgan fingerprint density at radius 1 is 1.45 bits per heavy atom. The van der Waals surface area contributed by atoms with E-state index < -0.39 is 0 Å². The summed E-state index contributed by atoms with van der Waals surface area (Å²) in [5, 5.41) is 10.4. The first kappa shape index (κ1) is 18.4. The van der Waals surface area contributed by atoms with E-state index in [1.54, 1.807) is 6.92 Å². The number of aliphatic imine (C=N–C) groups is 1. The molecule has 1 aliphatic heterocycles. The fourth-order valence-corrected chi connectivity index (χ4v) is 2.21. The quantitative estimate of drug-likeness (QED) is 0.767. The molecule has 0 aromatic heterocycles. The molecule has 2 rings (SSSR count). The number of nitrogens with two attached hydrogens (primary N) is 1. The van der Waals surface area contributed by atoms with E-state index in [4.69, 9.17) is 10.8 Å². The van der Waals surface area contributed by atoms with E-state index in [2.05, 4.69) is 26.2 Å². The largest absolute Gasteiger partial charge is 0.397 e. The number of amidine groups is 1. The number of fused-ring (bicyclic) bond motifs is 1. The molecule has 0 saturated carbocycles. The number of carbonyl (C=O) groups excluding carboxylic acids is 1. The van der Waals surface area contributed by atoms with E-state index in [1.165, 1.54) is 0 Å². The van der Waals surface area contributed by atoms with Crippen LogP contribution in [0.25, 0.3) is 6.08 Å². The van der Waals surface area contributed by atoms with Crippen LogP contribution in [0.2, 0.25) is 0 Å². The van der Waals surface area contributed by atoms with Crippen molar-refractivity contribution in [1.82, 2.24) is 5.32 Å². The second-order valence-electron chi connectivity index (χ2n) is 4.72. The van der Waals surface area contributed by atoms with Crippen LogP contribution in [0.1, 0.15) is 32.3 Å². The Morgan fingerprint density at radius 3 is 2.77 bits per heavy atom. The summed E-state index contributed by atoms with van der Waals surface area (Å²) in [6.45, 7) is 4.62. The number of carbonyl (C=O) groups is 1. The van der Waals surface area contributed by atoms with Crippen molar-refractivity contribution in [2.75, 3.05) is 13.2 Å². The maximum atomic E-state index is 12.0. The molecule has 1 aromatic carbocycles. The Morgan fingerprint density at radius 2 is 2.14 bits per heavy atom. The average molecular weight is 368 g/mol. The minimum absolute atomic E-state index is 0.0734. The number of aliphatic hydroxyl groups excluding tert-OH is 1. The smallest absolute Gasteiger partial charge is 0.247 e. The summed E-state index contributed by atoms with van der Waals surface area (Å²) in [5.41, 5.74) is 8.21. The van der Waals surface area contributed by atoms with Gasteiger partial charge in [-0.15, -0.1) is 0 Å². The molecule has 0 fully saturated rings. The van der Waals surface area contributed by atoms with Crippen molar-refractivity contribution in [3.8, 4) is 0 Å². The third kappa shape index (κ3) is 5.61. The van der Waals surface area contributed by atoms with Crippen molar-refractivity contribution < 1.29 is 9.90 Å². The van der Waals surface area contributed by atoms with Gasteiger partial charge in [0, 0.05) is 35.2 Å². The van der Waals surface area contributed by atoms with Gasteiger partial charge < -0.3 is 16.2 Å². The van der Waals surface area contributed by atoms with Crippen molar-refractivity contribution in [2.24, 2.45) is 10.7 Å². The molecule has 0 aliphatic carbocycles. The molecule has 1 amide bonds. The molecule has 6 heteroatoms. The molecule has 0 radical (unpaired) electrons. The van der Waals surface area contributed by atoms with Gasteiger partial charge in [0.15, 0.2) is 0 Å². The Hall–Kier alpha value is -1.66. The highest BCUT2D eigenvalue weighted by Crippen LogP contribution is 2.29. The van der Waals surface area contributed by atoms with Gasteiger partial charge in [-0.3, -0.25) is 4.79 Å². The zero-order chi connectivity index (χ0) is 16.5. The summed E-state index contributed by atoms with van der Waals surface area (Å²) in [5.74, 6) is 0.380. The third-order valence-electron chi connectivity index (χ3n) is 2.79. The third-order valence-corrected chi connectivity index (χ3v) is 3.28. The minimum Gasteiger partial charge on any atom is -0.397 e. The lowest BCUT2D eigenvalue weighted by Gasteiger charge is -2.06. The molecule has 0 bridgehead atoms. The number of rotatable bonds is 3. The molecule has 4 N–H and O–H groups in total. The Bertz CT molecular complexity index is 583. The van der Waals surface area contributed by atoms with Crippen LogP contribution in [0.15, 0.2) is 33.2 Å². The Balaban J connectivity index is 0.000000745. The van der Waals surface area contributed by atoms with Gasteiger partial charge in [0.05, 0.1) is 5.69 Å². The van der Waals surface area contributed by atoms with Crippen LogP contribution in [0.5, 0.6) is 0 Å². The van der Waals surface area contributed by atoms with Crippen molar-refractivity contribution in [3.63, 3.8) is 0 Å². The van der Waals surface area contributed by atoms with Gasteiger partial charge in [0.2, 0.25) is 5.91 Å². The molecule has 1 heterocycles. The van der Waals surface area contributed by atoms with Crippen LogP contribution < -0.4 is 11.1 Å². The lowest BCUT2D eigenvalue weighted by atomic mass is 10.1. The van der Waals surface area contributed by atoms with Crippen LogP contribution in [0, 0.1) is 0 Å². The number of nitrogens with zero attached hydrogens (tertiary/aromatic N) is 1. The van der Waals surface area contributed by atoms with Gasteiger partial charge in [-0.05, 0) is 31.6 Å². The molecule has 1 aliphatic rings. The zero-order valence-electron chi connectivity index (χ0n) is 12.9. The summed E-state index contributed by atoms with van der Waals surface area (Å²) < 4.78 is 0.940. The average Bonchev–Trinajstić information content (AvgIpc) is 2.63. The van der Waals surface area contributed by atoms with Gasteiger partial charge >= 0.3 is 0 Å². The lowest BCUT2D eigenvalue weighted by Crippen LogP contribution is -2.27. The fraction of sp³-hybridized carbons (Fsp3) is 0.375. The zero-order valence-corrected chi connectivity index (χ0v) is 14.5. The van der Waals surface area contributed by atoms with Crippen LogP contribution in [0.3, 0.4) is 0 Å². The first-order valence-corrected chi connectivity index (χ1v) is 8.03. The van der Waals surface area contributed by atoms with Gasteiger partial charge in [-0.25, -0.2) is 4.99 Å². The maximum absolute atomic E-state index is 12.0. The Kier molecular flexibility index (Phi) is 7.84. The van der Waals surface area contributed by atoms with Crippen molar-refractivity contribution in [2.45, 2.75) is 26.7 Å². The maximum Gasteiger partial charge on any atom is 0.247 e. The molecule has 0 saturated heterocycles. The normalized spacial score (nSPS) is 12.9. The van der Waals surface area contributed by atoms with Crippen molar-refractivity contribution in [1.29, 1.82) is 0 Å². The van der Waals surface area contributed by atoms with E-state index in [1.807, 2.05) is 31.2 Å². The summed E-state index contributed by atoms with van der Waals surface area (Å²) in [4.78, 5) is 16.4. The number of amides is 1.